The molecule has 3 rings (SSSR count). The molecular weight excluding hydrogens is 339 g/mol. The average Bonchev–Trinajstić information content (AvgIpc) is 3.13. The van der Waals surface area contributed by atoms with Crippen LogP contribution in [0.15, 0.2) is 22.9 Å². The molecule has 0 radical (unpaired) electrons. The van der Waals surface area contributed by atoms with Gasteiger partial charge in [0.15, 0.2) is 0 Å². The van der Waals surface area contributed by atoms with Gasteiger partial charge in [0.25, 0.3) is 5.91 Å². The Morgan fingerprint density at radius 1 is 1.40 bits per heavy atom. The Kier molecular flexibility index (Phi) is 4.40. The van der Waals surface area contributed by atoms with E-state index in [1.807, 2.05) is 0 Å². The summed E-state index contributed by atoms with van der Waals surface area (Å²) < 4.78 is 48.7. The van der Waals surface area contributed by atoms with E-state index in [2.05, 4.69) is 10.1 Å². The predicted molar refractivity (Wildman–Crippen MR) is 80.2 cm³/mol. The van der Waals surface area contributed by atoms with E-state index in [0.717, 1.165) is 18.3 Å². The summed E-state index contributed by atoms with van der Waals surface area (Å²) in [5.74, 6) is 0.109. The molecule has 2 aromatic rings. The van der Waals surface area contributed by atoms with Crippen LogP contribution in [0.1, 0.15) is 33.8 Å². The summed E-state index contributed by atoms with van der Waals surface area (Å²) in [6.45, 7) is 4.04. The normalized spacial score (nSPS) is 17.8. The second-order valence-electron chi connectivity index (χ2n) is 5.86. The first-order chi connectivity index (χ1) is 11.8. The van der Waals surface area contributed by atoms with Gasteiger partial charge in [0.1, 0.15) is 17.4 Å². The molecule has 0 saturated carbocycles. The molecule has 0 spiro atoms. The van der Waals surface area contributed by atoms with Gasteiger partial charge in [-0.05, 0) is 19.9 Å². The highest BCUT2D eigenvalue weighted by atomic mass is 19.4. The lowest BCUT2D eigenvalue weighted by molar-refractivity contribution is -0.137. The van der Waals surface area contributed by atoms with E-state index in [-0.39, 0.29) is 18.3 Å². The van der Waals surface area contributed by atoms with Crippen LogP contribution in [0.4, 0.5) is 13.2 Å². The quantitative estimate of drug-likeness (QED) is 0.847. The highest BCUT2D eigenvalue weighted by Gasteiger charge is 2.33. The number of ether oxygens (including phenoxy) is 1. The molecule has 0 aliphatic carbocycles. The van der Waals surface area contributed by atoms with Crippen LogP contribution in [0.25, 0.3) is 0 Å². The maximum absolute atomic E-state index is 12.7. The van der Waals surface area contributed by atoms with Crippen molar-refractivity contribution in [2.75, 3.05) is 13.1 Å². The van der Waals surface area contributed by atoms with Crippen LogP contribution in [0.5, 0.6) is 5.88 Å². The molecule has 1 aliphatic heterocycles. The number of hydrogen-bond acceptors (Lipinski definition) is 5. The van der Waals surface area contributed by atoms with E-state index in [4.69, 9.17) is 9.26 Å². The van der Waals surface area contributed by atoms with Crippen LogP contribution in [0.2, 0.25) is 0 Å². The van der Waals surface area contributed by atoms with E-state index < -0.39 is 17.8 Å². The Hall–Kier alpha value is -2.58. The van der Waals surface area contributed by atoms with Crippen LogP contribution in [0.3, 0.4) is 0 Å². The number of likely N-dealkylation sites (tertiary alicyclic amines) is 1. The number of carbonyl (C=O) groups is 1. The lowest BCUT2D eigenvalue weighted by Gasteiger charge is -2.17. The minimum absolute atomic E-state index is 0.105. The zero-order valence-corrected chi connectivity index (χ0v) is 13.6. The number of nitrogens with zero attached hydrogens (tertiary/aromatic N) is 3. The number of alkyl halides is 3. The van der Waals surface area contributed by atoms with Gasteiger partial charge in [-0.2, -0.15) is 13.2 Å². The molecule has 2 aromatic heterocycles. The molecule has 1 fully saturated rings. The largest absolute Gasteiger partial charge is 0.472 e. The van der Waals surface area contributed by atoms with Crippen molar-refractivity contribution in [3.05, 3.63) is 40.9 Å². The first kappa shape index (κ1) is 17.2. The molecule has 1 aliphatic rings. The molecule has 9 heteroatoms. The third-order valence-corrected chi connectivity index (χ3v) is 4.03. The minimum atomic E-state index is -4.46. The Morgan fingerprint density at radius 3 is 2.80 bits per heavy atom. The van der Waals surface area contributed by atoms with E-state index >= 15 is 0 Å². The minimum Gasteiger partial charge on any atom is -0.472 e. The fraction of sp³-hybridized carbons (Fsp3) is 0.438. The Bertz CT molecular complexity index is 769. The molecule has 25 heavy (non-hydrogen) atoms. The van der Waals surface area contributed by atoms with Gasteiger partial charge in [-0.15, -0.1) is 0 Å². The number of aryl methyl sites for hydroxylation is 2. The Morgan fingerprint density at radius 2 is 2.16 bits per heavy atom. The first-order valence-electron chi connectivity index (χ1n) is 7.67. The van der Waals surface area contributed by atoms with Crippen molar-refractivity contribution in [1.29, 1.82) is 0 Å². The topological polar surface area (TPSA) is 68.5 Å². The van der Waals surface area contributed by atoms with Gasteiger partial charge in [-0.3, -0.25) is 4.79 Å². The van der Waals surface area contributed by atoms with Gasteiger partial charge in [0.05, 0.1) is 17.8 Å². The fourth-order valence-corrected chi connectivity index (χ4v) is 2.78. The van der Waals surface area contributed by atoms with Gasteiger partial charge < -0.3 is 14.2 Å². The van der Waals surface area contributed by atoms with Crippen LogP contribution < -0.4 is 4.74 Å². The van der Waals surface area contributed by atoms with Crippen LogP contribution >= 0.6 is 0 Å². The third-order valence-electron chi connectivity index (χ3n) is 4.03. The van der Waals surface area contributed by atoms with Crippen molar-refractivity contribution < 1.29 is 27.2 Å². The predicted octanol–water partition coefficient (Wildman–Crippen LogP) is 3.00. The first-order valence-corrected chi connectivity index (χ1v) is 7.67. The summed E-state index contributed by atoms with van der Waals surface area (Å²) in [7, 11) is 0. The number of halogens is 3. The van der Waals surface area contributed by atoms with Gasteiger partial charge in [0.2, 0.25) is 5.88 Å². The summed E-state index contributed by atoms with van der Waals surface area (Å²) in [5.41, 5.74) is 0.100. The van der Waals surface area contributed by atoms with Gasteiger partial charge in [0, 0.05) is 25.2 Å². The lowest BCUT2D eigenvalue weighted by Crippen LogP contribution is -2.31. The van der Waals surface area contributed by atoms with Crippen LogP contribution in [-0.4, -0.2) is 40.1 Å². The highest BCUT2D eigenvalue weighted by Crippen LogP contribution is 2.31. The summed E-state index contributed by atoms with van der Waals surface area (Å²) >= 11 is 0. The van der Waals surface area contributed by atoms with E-state index in [1.165, 1.54) is 0 Å². The number of carbonyl (C=O) groups excluding carboxylic acids is 1. The Balaban J connectivity index is 1.67. The second kappa shape index (κ2) is 6.38. The van der Waals surface area contributed by atoms with E-state index in [1.54, 1.807) is 18.7 Å². The molecule has 6 nitrogen and oxygen atoms in total. The molecule has 3 heterocycles. The molecule has 134 valence electrons. The van der Waals surface area contributed by atoms with Crippen LogP contribution in [0, 0.1) is 13.8 Å². The number of hydrogen-bond donors (Lipinski definition) is 0. The van der Waals surface area contributed by atoms with Gasteiger partial charge in [-0.1, -0.05) is 5.16 Å². The zero-order valence-electron chi connectivity index (χ0n) is 13.6. The van der Waals surface area contributed by atoms with Crippen molar-refractivity contribution in [2.24, 2.45) is 0 Å². The second-order valence-corrected chi connectivity index (χ2v) is 5.86. The van der Waals surface area contributed by atoms with Gasteiger partial charge in [-0.25, -0.2) is 4.98 Å². The van der Waals surface area contributed by atoms with Crippen molar-refractivity contribution in [1.82, 2.24) is 15.0 Å². The van der Waals surface area contributed by atoms with Crippen molar-refractivity contribution >= 4 is 5.91 Å². The maximum Gasteiger partial charge on any atom is 0.416 e. The molecule has 1 atom stereocenters. The number of amides is 1. The van der Waals surface area contributed by atoms with Crippen molar-refractivity contribution in [3.8, 4) is 5.88 Å². The van der Waals surface area contributed by atoms with Gasteiger partial charge >= 0.3 is 6.18 Å². The zero-order chi connectivity index (χ0) is 18.2. The standard InChI is InChI=1S/C16H16F3N3O3/c1-9-14(10(2)25-21-9)15(23)22-6-4-12(8-22)24-13-7-11(3-5-20-13)16(17,18)19/h3,5,7,12H,4,6,8H2,1-2H3. The smallest absolute Gasteiger partial charge is 0.416 e. The average molecular weight is 355 g/mol. The molecule has 1 saturated heterocycles. The number of rotatable bonds is 3. The molecule has 1 unspecified atom stereocenters. The molecular formula is C16H16F3N3O3. The van der Waals surface area contributed by atoms with Crippen molar-refractivity contribution in [2.45, 2.75) is 32.5 Å². The summed E-state index contributed by atoms with van der Waals surface area (Å²) in [6, 6.07) is 1.74. The molecule has 0 N–H and O–H groups in total. The molecule has 1 amide bonds. The summed E-state index contributed by atoms with van der Waals surface area (Å²) in [5, 5.41) is 3.76. The monoisotopic (exact) mass is 355 g/mol. The highest BCUT2D eigenvalue weighted by molar-refractivity contribution is 5.96. The van der Waals surface area contributed by atoms with E-state index in [9.17, 15) is 18.0 Å². The third kappa shape index (κ3) is 3.59. The summed E-state index contributed by atoms with van der Waals surface area (Å²) in [4.78, 5) is 17.9. The van der Waals surface area contributed by atoms with Crippen molar-refractivity contribution in [3.63, 3.8) is 0 Å². The molecule has 0 aromatic carbocycles. The van der Waals surface area contributed by atoms with E-state index in [0.29, 0.717) is 30.0 Å². The number of aromatic nitrogens is 2. The fourth-order valence-electron chi connectivity index (χ4n) is 2.78. The lowest BCUT2D eigenvalue weighted by atomic mass is 10.2. The van der Waals surface area contributed by atoms with Crippen LogP contribution in [-0.2, 0) is 6.18 Å². The number of pyridine rings is 1. The Labute approximate surface area is 141 Å². The summed E-state index contributed by atoms with van der Waals surface area (Å²) in [6.07, 6.45) is -3.31. The molecule has 0 bridgehead atoms. The SMILES string of the molecule is Cc1noc(C)c1C(=O)N1CCC(Oc2cc(C(F)(F)F)ccn2)C1. The maximum atomic E-state index is 12.7.